The van der Waals surface area contributed by atoms with Crippen LogP contribution in [0.2, 0.25) is 0 Å². The molecular weight excluding hydrogens is 281 g/mol. The number of carbonyl (C=O) groups is 1. The Labute approximate surface area is 131 Å². The van der Waals surface area contributed by atoms with Crippen LogP contribution in [0.1, 0.15) is 31.0 Å². The average Bonchev–Trinajstić information content (AvgIpc) is 2.45. The normalized spacial score (nSPS) is 12.6. The summed E-state index contributed by atoms with van der Waals surface area (Å²) in [7, 11) is 3.84. The lowest BCUT2D eigenvalue weighted by atomic mass is 9.94. The van der Waals surface area contributed by atoms with Crippen molar-refractivity contribution in [3.8, 4) is 6.07 Å². The Morgan fingerprint density at radius 3 is 2.68 bits per heavy atom. The van der Waals surface area contributed by atoms with E-state index in [4.69, 9.17) is 5.26 Å². The lowest BCUT2D eigenvalue weighted by molar-refractivity contribution is -0.117. The molecule has 1 N–H and O–H groups in total. The third kappa shape index (κ3) is 5.30. The Kier molecular flexibility index (Phi) is 6.74. The Morgan fingerprint density at radius 2 is 2.14 bits per heavy atom. The molecule has 22 heavy (non-hydrogen) atoms. The minimum Gasteiger partial charge on any atom is -0.346 e. The van der Waals surface area contributed by atoms with Gasteiger partial charge in [-0.1, -0.05) is 26.0 Å². The summed E-state index contributed by atoms with van der Waals surface area (Å²) in [6.45, 7) is 4.60. The summed E-state index contributed by atoms with van der Waals surface area (Å²) >= 11 is 0. The number of nitrogens with zero attached hydrogens (tertiary/aromatic N) is 2. The first-order chi connectivity index (χ1) is 10.3. The van der Waals surface area contributed by atoms with Crippen LogP contribution in [0, 0.1) is 23.1 Å². The fraction of sp³-hybridized carbons (Fsp3) is 0.412. The van der Waals surface area contributed by atoms with E-state index < -0.39 is 5.82 Å². The van der Waals surface area contributed by atoms with Gasteiger partial charge in [0.05, 0.1) is 11.6 Å². The van der Waals surface area contributed by atoms with Gasteiger partial charge in [-0.25, -0.2) is 4.39 Å². The van der Waals surface area contributed by atoms with Crippen LogP contribution < -0.4 is 5.32 Å². The first-order valence-electron chi connectivity index (χ1n) is 7.16. The fourth-order valence-corrected chi connectivity index (χ4v) is 2.03. The molecule has 0 aliphatic heterocycles. The molecule has 1 aromatic rings. The maximum Gasteiger partial charge on any atom is 0.244 e. The summed E-state index contributed by atoms with van der Waals surface area (Å²) in [5, 5.41) is 11.8. The van der Waals surface area contributed by atoms with Gasteiger partial charge in [-0.2, -0.15) is 5.26 Å². The molecule has 1 amide bonds. The summed E-state index contributed by atoms with van der Waals surface area (Å²) in [5.74, 6) is -0.641. The minimum absolute atomic E-state index is 0.0134. The largest absolute Gasteiger partial charge is 0.346 e. The smallest absolute Gasteiger partial charge is 0.244 e. The molecule has 118 valence electrons. The summed E-state index contributed by atoms with van der Waals surface area (Å²) in [6.07, 6.45) is 3.27. The molecule has 0 saturated heterocycles. The van der Waals surface area contributed by atoms with E-state index in [2.05, 4.69) is 5.32 Å². The molecule has 0 aliphatic carbocycles. The number of nitriles is 1. The Bertz CT molecular complexity index is 588. The highest BCUT2D eigenvalue weighted by atomic mass is 19.1. The number of likely N-dealkylation sites (N-methyl/N-ethyl adjacent to an activating group) is 1. The zero-order valence-corrected chi connectivity index (χ0v) is 13.4. The molecule has 0 aromatic heterocycles. The molecular formula is C17H22FN3O. The Morgan fingerprint density at radius 1 is 1.45 bits per heavy atom. The third-order valence-corrected chi connectivity index (χ3v) is 3.17. The topological polar surface area (TPSA) is 56.1 Å². The van der Waals surface area contributed by atoms with Crippen LogP contribution in [-0.4, -0.2) is 31.4 Å². The van der Waals surface area contributed by atoms with Gasteiger partial charge in [0, 0.05) is 12.6 Å². The van der Waals surface area contributed by atoms with Crippen molar-refractivity contribution in [1.29, 1.82) is 5.26 Å². The molecule has 0 spiro atoms. The van der Waals surface area contributed by atoms with Crippen molar-refractivity contribution < 1.29 is 9.18 Å². The fourth-order valence-electron chi connectivity index (χ4n) is 2.03. The molecule has 0 aliphatic rings. The number of rotatable bonds is 6. The van der Waals surface area contributed by atoms with E-state index in [0.29, 0.717) is 6.54 Å². The second-order valence-corrected chi connectivity index (χ2v) is 5.75. The van der Waals surface area contributed by atoms with E-state index in [1.165, 1.54) is 18.2 Å². The molecule has 1 rings (SSSR count). The van der Waals surface area contributed by atoms with Crippen LogP contribution in [0.15, 0.2) is 30.4 Å². The molecule has 1 atom stereocenters. The van der Waals surface area contributed by atoms with Gasteiger partial charge in [0.25, 0.3) is 0 Å². The van der Waals surface area contributed by atoms with Crippen LogP contribution in [0.4, 0.5) is 4.39 Å². The van der Waals surface area contributed by atoms with Crippen molar-refractivity contribution in [1.82, 2.24) is 10.2 Å². The first kappa shape index (κ1) is 17.9. The molecule has 0 radical (unpaired) electrons. The highest BCUT2D eigenvalue weighted by molar-refractivity contribution is 5.87. The van der Waals surface area contributed by atoms with Crippen molar-refractivity contribution in [2.75, 3.05) is 20.6 Å². The third-order valence-electron chi connectivity index (χ3n) is 3.17. The zero-order chi connectivity index (χ0) is 16.7. The number of nitrogens with one attached hydrogen (secondary N) is 1. The molecule has 1 unspecified atom stereocenters. The van der Waals surface area contributed by atoms with Crippen molar-refractivity contribution in [2.24, 2.45) is 5.92 Å². The van der Waals surface area contributed by atoms with Crippen LogP contribution in [0.5, 0.6) is 0 Å². The maximum absolute atomic E-state index is 13.4. The second-order valence-electron chi connectivity index (χ2n) is 5.75. The summed E-state index contributed by atoms with van der Waals surface area (Å²) < 4.78 is 13.4. The standard InChI is InChI=1S/C17H22FN3O/c1-12(2)17(20-16(22)6-5-9-21(3)4)13-7-8-15(18)14(10-13)11-19/h5-8,10,12,17H,9H2,1-4H3,(H,20,22)/b6-5+. The van der Waals surface area contributed by atoms with Crippen molar-refractivity contribution in [3.05, 3.63) is 47.3 Å². The van der Waals surface area contributed by atoms with Crippen LogP contribution in [-0.2, 0) is 4.79 Å². The van der Waals surface area contributed by atoms with Gasteiger partial charge in [-0.15, -0.1) is 0 Å². The molecule has 5 heteroatoms. The number of halogens is 1. The number of benzene rings is 1. The van der Waals surface area contributed by atoms with E-state index in [1.807, 2.05) is 38.9 Å². The minimum atomic E-state index is -0.550. The Balaban J connectivity index is 2.89. The highest BCUT2D eigenvalue weighted by Gasteiger charge is 2.18. The lowest BCUT2D eigenvalue weighted by Crippen LogP contribution is -2.30. The van der Waals surface area contributed by atoms with E-state index in [0.717, 1.165) is 5.56 Å². The molecule has 0 saturated carbocycles. The molecule has 1 aromatic carbocycles. The quantitative estimate of drug-likeness (QED) is 0.822. The van der Waals surface area contributed by atoms with E-state index in [-0.39, 0.29) is 23.4 Å². The van der Waals surface area contributed by atoms with Gasteiger partial charge in [0.1, 0.15) is 11.9 Å². The highest BCUT2D eigenvalue weighted by Crippen LogP contribution is 2.23. The van der Waals surface area contributed by atoms with Gasteiger partial charge < -0.3 is 10.2 Å². The monoisotopic (exact) mass is 303 g/mol. The molecule has 0 bridgehead atoms. The van der Waals surface area contributed by atoms with E-state index >= 15 is 0 Å². The van der Waals surface area contributed by atoms with Crippen molar-refractivity contribution >= 4 is 5.91 Å². The number of carbonyl (C=O) groups excluding carboxylic acids is 1. The average molecular weight is 303 g/mol. The van der Waals surface area contributed by atoms with Crippen molar-refractivity contribution in [3.63, 3.8) is 0 Å². The summed E-state index contributed by atoms with van der Waals surface area (Å²) in [4.78, 5) is 13.9. The summed E-state index contributed by atoms with van der Waals surface area (Å²) in [5.41, 5.74) is 0.711. The molecule has 4 nitrogen and oxygen atoms in total. The second kappa shape index (κ2) is 8.30. The summed E-state index contributed by atoms with van der Waals surface area (Å²) in [6, 6.07) is 5.90. The number of amides is 1. The molecule has 0 heterocycles. The van der Waals surface area contributed by atoms with Gasteiger partial charge in [0.15, 0.2) is 0 Å². The van der Waals surface area contributed by atoms with Gasteiger partial charge in [-0.3, -0.25) is 4.79 Å². The van der Waals surface area contributed by atoms with Gasteiger partial charge in [-0.05, 0) is 37.7 Å². The first-order valence-corrected chi connectivity index (χ1v) is 7.16. The SMILES string of the molecule is CC(C)C(NC(=O)/C=C/CN(C)C)c1ccc(F)c(C#N)c1. The number of hydrogen-bond donors (Lipinski definition) is 1. The number of hydrogen-bond acceptors (Lipinski definition) is 3. The van der Waals surface area contributed by atoms with Crippen molar-refractivity contribution in [2.45, 2.75) is 19.9 Å². The van der Waals surface area contributed by atoms with Crippen LogP contribution >= 0.6 is 0 Å². The Hall–Kier alpha value is -2.19. The van der Waals surface area contributed by atoms with E-state index in [1.54, 1.807) is 12.1 Å². The van der Waals surface area contributed by atoms with Gasteiger partial charge in [0.2, 0.25) is 5.91 Å². The van der Waals surface area contributed by atoms with Crippen LogP contribution in [0.25, 0.3) is 0 Å². The van der Waals surface area contributed by atoms with Crippen LogP contribution in [0.3, 0.4) is 0 Å². The zero-order valence-electron chi connectivity index (χ0n) is 13.4. The van der Waals surface area contributed by atoms with E-state index in [9.17, 15) is 9.18 Å². The van der Waals surface area contributed by atoms with Gasteiger partial charge >= 0.3 is 0 Å². The maximum atomic E-state index is 13.4. The predicted molar refractivity (Wildman–Crippen MR) is 84.5 cm³/mol. The predicted octanol–water partition coefficient (Wildman–Crippen LogP) is 2.63. The molecule has 0 fully saturated rings. The lowest BCUT2D eigenvalue weighted by Gasteiger charge is -2.22.